The maximum absolute atomic E-state index is 14.6. The first-order chi connectivity index (χ1) is 14.0. The Morgan fingerprint density at radius 2 is 1.93 bits per heavy atom. The van der Waals surface area contributed by atoms with Gasteiger partial charge in [0.1, 0.15) is 5.01 Å². The Bertz CT molecular complexity index is 1210. The molecule has 6 nitrogen and oxygen atoms in total. The summed E-state index contributed by atoms with van der Waals surface area (Å²) in [6, 6.07) is 5.34. The number of thiazole rings is 1. The molecule has 4 rings (SSSR count). The number of methoxy groups -OCH3 is 2. The van der Waals surface area contributed by atoms with Gasteiger partial charge in [0.2, 0.25) is 5.88 Å². The maximum atomic E-state index is 14.6. The molecule has 0 aliphatic heterocycles. The van der Waals surface area contributed by atoms with Crippen molar-refractivity contribution in [3.05, 3.63) is 41.3 Å². The molecule has 0 radical (unpaired) electrons. The number of aliphatic hydroxyl groups is 1. The van der Waals surface area contributed by atoms with Gasteiger partial charge in [0.15, 0.2) is 11.6 Å². The summed E-state index contributed by atoms with van der Waals surface area (Å²) in [5.41, 5.74) is 4.56. The zero-order valence-corrected chi connectivity index (χ0v) is 17.1. The molecule has 4 aromatic rings. The fourth-order valence-corrected chi connectivity index (χ4v) is 4.54. The van der Waals surface area contributed by atoms with Crippen LogP contribution in [0.2, 0.25) is 0 Å². The summed E-state index contributed by atoms with van der Waals surface area (Å²) in [6.07, 6.45) is 2.59. The van der Waals surface area contributed by atoms with Crippen molar-refractivity contribution in [1.29, 1.82) is 0 Å². The number of ether oxygens (including phenoxy) is 2. The molecule has 2 heterocycles. The van der Waals surface area contributed by atoms with Gasteiger partial charge in [-0.05, 0) is 37.5 Å². The first-order valence-corrected chi connectivity index (χ1v) is 9.96. The molecule has 150 valence electrons. The lowest BCUT2D eigenvalue weighted by Gasteiger charge is -2.09. The van der Waals surface area contributed by atoms with E-state index in [4.69, 9.17) is 9.47 Å². The standard InChI is InChI=1S/C21H20FN3O3S/c1-11-7-13(18-15(8-11)24-17(27-2)10-23-18)21-25-16-9-14(22)19(28-3)12(5-4-6-26)20(16)29-21/h7-10,26H,4-6H2,1-3H3. The molecule has 2 aromatic carbocycles. The van der Waals surface area contributed by atoms with Gasteiger partial charge in [-0.25, -0.2) is 19.3 Å². The smallest absolute Gasteiger partial charge is 0.232 e. The molecule has 29 heavy (non-hydrogen) atoms. The highest BCUT2D eigenvalue weighted by Gasteiger charge is 2.20. The van der Waals surface area contributed by atoms with Gasteiger partial charge >= 0.3 is 0 Å². The number of hydrogen-bond acceptors (Lipinski definition) is 7. The highest BCUT2D eigenvalue weighted by atomic mass is 32.1. The minimum Gasteiger partial charge on any atom is -0.493 e. The molecular formula is C21H20FN3O3S. The zero-order valence-electron chi connectivity index (χ0n) is 16.3. The molecular weight excluding hydrogens is 393 g/mol. The van der Waals surface area contributed by atoms with Crippen molar-refractivity contribution in [3.8, 4) is 22.2 Å². The first kappa shape index (κ1) is 19.5. The van der Waals surface area contributed by atoms with E-state index in [-0.39, 0.29) is 12.4 Å². The molecule has 0 atom stereocenters. The molecule has 0 aliphatic carbocycles. The van der Waals surface area contributed by atoms with Gasteiger partial charge in [-0.3, -0.25) is 0 Å². The Balaban J connectivity index is 1.95. The largest absolute Gasteiger partial charge is 0.493 e. The van der Waals surface area contributed by atoms with Crippen LogP contribution in [0.15, 0.2) is 24.4 Å². The lowest BCUT2D eigenvalue weighted by Crippen LogP contribution is -1.98. The number of hydrogen-bond donors (Lipinski definition) is 1. The summed E-state index contributed by atoms with van der Waals surface area (Å²) in [7, 11) is 3.00. The van der Waals surface area contributed by atoms with Gasteiger partial charge in [0.25, 0.3) is 0 Å². The quantitative estimate of drug-likeness (QED) is 0.508. The van der Waals surface area contributed by atoms with E-state index < -0.39 is 5.82 Å². The van der Waals surface area contributed by atoms with Gasteiger partial charge < -0.3 is 14.6 Å². The van der Waals surface area contributed by atoms with Crippen LogP contribution in [0.25, 0.3) is 31.8 Å². The summed E-state index contributed by atoms with van der Waals surface area (Å²) < 4.78 is 25.9. The van der Waals surface area contributed by atoms with Gasteiger partial charge in [-0.1, -0.05) is 0 Å². The van der Waals surface area contributed by atoms with Gasteiger partial charge in [0.05, 0.1) is 41.7 Å². The Kier molecular flexibility index (Phi) is 5.29. The predicted octanol–water partition coefficient (Wildman–Crippen LogP) is 4.30. The first-order valence-electron chi connectivity index (χ1n) is 9.14. The summed E-state index contributed by atoms with van der Waals surface area (Å²) in [4.78, 5) is 13.7. The molecule has 0 spiro atoms. The molecule has 0 amide bonds. The van der Waals surface area contributed by atoms with Crippen LogP contribution in [-0.2, 0) is 6.42 Å². The molecule has 0 fully saturated rings. The van der Waals surface area contributed by atoms with E-state index in [1.54, 1.807) is 13.3 Å². The lowest BCUT2D eigenvalue weighted by molar-refractivity contribution is 0.287. The van der Waals surface area contributed by atoms with Crippen LogP contribution in [-0.4, -0.2) is 40.9 Å². The van der Waals surface area contributed by atoms with Gasteiger partial charge in [-0.15, -0.1) is 11.3 Å². The molecule has 0 saturated heterocycles. The van der Waals surface area contributed by atoms with Crippen molar-refractivity contribution < 1.29 is 19.0 Å². The number of aromatic nitrogens is 3. The fraction of sp³-hybridized carbons (Fsp3) is 0.286. The summed E-state index contributed by atoms with van der Waals surface area (Å²) in [5, 5.41) is 9.96. The van der Waals surface area contributed by atoms with Crippen LogP contribution >= 0.6 is 11.3 Å². The number of aliphatic hydroxyl groups excluding tert-OH is 1. The molecule has 8 heteroatoms. The third kappa shape index (κ3) is 3.49. The Hall–Kier alpha value is -2.84. The van der Waals surface area contributed by atoms with Gasteiger partial charge in [-0.2, -0.15) is 0 Å². The van der Waals surface area contributed by atoms with Crippen molar-refractivity contribution in [2.45, 2.75) is 19.8 Å². The van der Waals surface area contributed by atoms with Crippen molar-refractivity contribution in [2.75, 3.05) is 20.8 Å². The minimum absolute atomic E-state index is 0.0206. The predicted molar refractivity (Wildman–Crippen MR) is 111 cm³/mol. The number of halogens is 1. The fourth-order valence-electron chi connectivity index (χ4n) is 3.41. The SMILES string of the molecule is COc1cnc2c(-c3nc4cc(F)c(OC)c(CCCO)c4s3)cc(C)cc2n1. The van der Waals surface area contributed by atoms with Crippen molar-refractivity contribution in [3.63, 3.8) is 0 Å². The monoisotopic (exact) mass is 413 g/mol. The van der Waals surface area contributed by atoms with Crippen LogP contribution in [0.5, 0.6) is 11.6 Å². The number of aryl methyl sites for hydroxylation is 2. The minimum atomic E-state index is -0.455. The molecule has 0 aliphatic rings. The normalized spacial score (nSPS) is 11.3. The molecule has 2 aromatic heterocycles. The van der Waals surface area contributed by atoms with Crippen molar-refractivity contribution in [2.24, 2.45) is 0 Å². The van der Waals surface area contributed by atoms with Crippen molar-refractivity contribution in [1.82, 2.24) is 15.0 Å². The maximum Gasteiger partial charge on any atom is 0.232 e. The third-order valence-corrected chi connectivity index (χ3v) is 5.84. The van der Waals surface area contributed by atoms with E-state index in [0.717, 1.165) is 26.4 Å². The average Bonchev–Trinajstić information content (AvgIpc) is 3.13. The molecule has 0 bridgehead atoms. The van der Waals surface area contributed by atoms with Gasteiger partial charge in [0, 0.05) is 23.8 Å². The van der Waals surface area contributed by atoms with Crippen molar-refractivity contribution >= 4 is 32.6 Å². The highest BCUT2D eigenvalue weighted by Crippen LogP contribution is 2.40. The Morgan fingerprint density at radius 1 is 1.10 bits per heavy atom. The highest BCUT2D eigenvalue weighted by molar-refractivity contribution is 7.22. The van der Waals surface area contributed by atoms with Crippen LogP contribution < -0.4 is 9.47 Å². The van der Waals surface area contributed by atoms with E-state index in [9.17, 15) is 9.50 Å². The molecule has 0 saturated carbocycles. The number of benzene rings is 2. The summed E-state index contributed by atoms with van der Waals surface area (Å²) in [6.45, 7) is 2.00. The molecule has 1 N–H and O–H groups in total. The Labute approximate surface area is 171 Å². The van der Waals surface area contributed by atoms with E-state index in [0.29, 0.717) is 35.3 Å². The van der Waals surface area contributed by atoms with E-state index in [1.807, 2.05) is 19.1 Å². The van der Waals surface area contributed by atoms with Crippen LogP contribution in [0, 0.1) is 12.7 Å². The van der Waals surface area contributed by atoms with Crippen LogP contribution in [0.3, 0.4) is 0 Å². The second kappa shape index (κ2) is 7.88. The number of rotatable bonds is 6. The number of fused-ring (bicyclic) bond motifs is 2. The average molecular weight is 413 g/mol. The van der Waals surface area contributed by atoms with Crippen LogP contribution in [0.1, 0.15) is 17.5 Å². The zero-order chi connectivity index (χ0) is 20.5. The second-order valence-corrected chi connectivity index (χ2v) is 7.66. The lowest BCUT2D eigenvalue weighted by atomic mass is 10.1. The third-order valence-electron chi connectivity index (χ3n) is 4.68. The summed E-state index contributed by atoms with van der Waals surface area (Å²) >= 11 is 1.46. The van der Waals surface area contributed by atoms with E-state index in [1.165, 1.54) is 24.5 Å². The number of nitrogens with zero attached hydrogens (tertiary/aromatic N) is 3. The van der Waals surface area contributed by atoms with Crippen LogP contribution in [0.4, 0.5) is 4.39 Å². The van der Waals surface area contributed by atoms with E-state index >= 15 is 0 Å². The molecule has 0 unspecified atom stereocenters. The topological polar surface area (TPSA) is 77.4 Å². The Morgan fingerprint density at radius 3 is 2.66 bits per heavy atom. The van der Waals surface area contributed by atoms with E-state index in [2.05, 4.69) is 15.0 Å². The second-order valence-electron chi connectivity index (χ2n) is 6.66. The summed E-state index contributed by atoms with van der Waals surface area (Å²) in [5.74, 6) is 0.194.